The Morgan fingerprint density at radius 2 is 2.33 bits per heavy atom. The fraction of sp³-hybridized carbons (Fsp3) is 0.545. The Bertz CT molecular complexity index is 363. The van der Waals surface area contributed by atoms with Crippen LogP contribution in [0.3, 0.4) is 0 Å². The van der Waals surface area contributed by atoms with Gasteiger partial charge in [0.1, 0.15) is 5.78 Å². The lowest BCUT2D eigenvalue weighted by Crippen LogP contribution is -2.31. The molecule has 2 rings (SSSR count). The van der Waals surface area contributed by atoms with Gasteiger partial charge in [-0.25, -0.2) is 0 Å². The molecule has 2 atom stereocenters. The van der Waals surface area contributed by atoms with Crippen molar-refractivity contribution in [3.63, 3.8) is 0 Å². The summed E-state index contributed by atoms with van der Waals surface area (Å²) < 4.78 is 1.08. The minimum absolute atomic E-state index is 0.0981. The number of hydrogen-bond donors (Lipinski definition) is 1. The molecule has 0 spiro atoms. The van der Waals surface area contributed by atoms with Gasteiger partial charge in [-0.2, -0.15) is 0 Å². The maximum absolute atomic E-state index is 11.9. The molecule has 1 aliphatic carbocycles. The van der Waals surface area contributed by atoms with E-state index in [1.54, 1.807) is 11.3 Å². The van der Waals surface area contributed by atoms with Crippen LogP contribution >= 0.6 is 27.3 Å². The number of carbonyl (C=O) groups excluding carboxylic acids is 1. The molecule has 1 aromatic heterocycles. The lowest BCUT2D eigenvalue weighted by Gasteiger charge is -2.12. The van der Waals surface area contributed by atoms with Crippen molar-refractivity contribution < 1.29 is 4.79 Å². The molecule has 1 heterocycles. The second kappa shape index (κ2) is 4.76. The summed E-state index contributed by atoms with van der Waals surface area (Å²) in [6.45, 7) is 0. The number of hydrogen-bond acceptors (Lipinski definition) is 3. The summed E-state index contributed by atoms with van der Waals surface area (Å²) in [4.78, 5) is 13.1. The molecule has 0 saturated heterocycles. The van der Waals surface area contributed by atoms with Gasteiger partial charge in [-0.1, -0.05) is 6.42 Å². The van der Waals surface area contributed by atoms with Crippen molar-refractivity contribution in [1.82, 2.24) is 0 Å². The van der Waals surface area contributed by atoms with Crippen LogP contribution in [0, 0.1) is 5.92 Å². The predicted octanol–water partition coefficient (Wildman–Crippen LogP) is 2.75. The molecule has 2 nitrogen and oxygen atoms in total. The van der Waals surface area contributed by atoms with Crippen LogP contribution in [0.4, 0.5) is 0 Å². The van der Waals surface area contributed by atoms with E-state index in [0.29, 0.717) is 12.2 Å². The lowest BCUT2D eigenvalue weighted by molar-refractivity contribution is -0.122. The number of thiophene rings is 1. The van der Waals surface area contributed by atoms with Gasteiger partial charge < -0.3 is 5.73 Å². The molecule has 1 aliphatic rings. The van der Waals surface area contributed by atoms with Gasteiger partial charge in [0, 0.05) is 23.3 Å². The van der Waals surface area contributed by atoms with Gasteiger partial charge in [-0.05, 0) is 40.9 Å². The summed E-state index contributed by atoms with van der Waals surface area (Å²) >= 11 is 5.03. The van der Waals surface area contributed by atoms with Crippen molar-refractivity contribution in [3.05, 3.63) is 20.8 Å². The average molecular weight is 288 g/mol. The minimum Gasteiger partial charge on any atom is -0.327 e. The van der Waals surface area contributed by atoms with Gasteiger partial charge in [0.05, 0.1) is 3.79 Å². The molecule has 1 saturated carbocycles. The van der Waals surface area contributed by atoms with E-state index in [1.165, 1.54) is 0 Å². The highest BCUT2D eigenvalue weighted by Crippen LogP contribution is 2.28. The van der Waals surface area contributed by atoms with Crippen molar-refractivity contribution in [3.8, 4) is 0 Å². The van der Waals surface area contributed by atoms with E-state index in [-0.39, 0.29) is 12.0 Å². The SMILES string of the molecule is NC1CCCC1C(=O)Cc1ccc(Br)s1. The van der Waals surface area contributed by atoms with Crippen LogP contribution in [-0.4, -0.2) is 11.8 Å². The van der Waals surface area contributed by atoms with Gasteiger partial charge in [0.2, 0.25) is 0 Å². The minimum atomic E-state index is 0.0981. The number of Topliss-reactive ketones (excluding diaryl/α,β-unsaturated/α-hetero) is 1. The molecule has 2 unspecified atom stereocenters. The standard InChI is InChI=1S/C11H14BrNOS/c12-11-5-4-7(15-11)6-10(14)8-2-1-3-9(8)13/h4-5,8-9H,1-3,6,13H2. The van der Waals surface area contributed by atoms with Crippen molar-refractivity contribution >= 4 is 33.0 Å². The van der Waals surface area contributed by atoms with Crippen LogP contribution in [0.2, 0.25) is 0 Å². The number of nitrogens with two attached hydrogens (primary N) is 1. The fourth-order valence-electron chi connectivity index (χ4n) is 2.14. The first-order chi connectivity index (χ1) is 7.16. The maximum atomic E-state index is 11.9. The molecule has 0 radical (unpaired) electrons. The summed E-state index contributed by atoms with van der Waals surface area (Å²) in [5.41, 5.74) is 5.91. The predicted molar refractivity (Wildman–Crippen MR) is 66.0 cm³/mol. The first-order valence-electron chi connectivity index (χ1n) is 5.19. The lowest BCUT2D eigenvalue weighted by atomic mass is 9.96. The molecule has 4 heteroatoms. The van der Waals surface area contributed by atoms with Crippen LogP contribution in [0.15, 0.2) is 15.9 Å². The second-order valence-electron chi connectivity index (χ2n) is 4.05. The topological polar surface area (TPSA) is 43.1 Å². The third kappa shape index (κ3) is 2.68. The maximum Gasteiger partial charge on any atom is 0.142 e. The molecular formula is C11H14BrNOS. The first kappa shape index (κ1) is 11.3. The van der Waals surface area contributed by atoms with Gasteiger partial charge in [0.15, 0.2) is 0 Å². The van der Waals surface area contributed by atoms with E-state index in [2.05, 4.69) is 15.9 Å². The smallest absolute Gasteiger partial charge is 0.142 e. The van der Waals surface area contributed by atoms with Crippen molar-refractivity contribution in [1.29, 1.82) is 0 Å². The van der Waals surface area contributed by atoms with Crippen molar-refractivity contribution in [2.45, 2.75) is 31.7 Å². The van der Waals surface area contributed by atoms with Gasteiger partial charge in [-0.3, -0.25) is 4.79 Å². The van der Waals surface area contributed by atoms with E-state index in [1.807, 2.05) is 12.1 Å². The van der Waals surface area contributed by atoms with Crippen molar-refractivity contribution in [2.24, 2.45) is 11.7 Å². The Hall–Kier alpha value is -0.190. The van der Waals surface area contributed by atoms with E-state index in [4.69, 9.17) is 5.73 Å². The van der Waals surface area contributed by atoms with Gasteiger partial charge >= 0.3 is 0 Å². The second-order valence-corrected chi connectivity index (χ2v) is 6.60. The molecular weight excluding hydrogens is 274 g/mol. The van der Waals surface area contributed by atoms with E-state index < -0.39 is 0 Å². The van der Waals surface area contributed by atoms with Crippen LogP contribution in [-0.2, 0) is 11.2 Å². The molecule has 0 aliphatic heterocycles. The molecule has 1 fully saturated rings. The summed E-state index contributed by atoms with van der Waals surface area (Å²) in [7, 11) is 0. The van der Waals surface area contributed by atoms with Gasteiger partial charge in [0.25, 0.3) is 0 Å². The van der Waals surface area contributed by atoms with Crippen LogP contribution in [0.1, 0.15) is 24.1 Å². The number of carbonyl (C=O) groups is 1. The molecule has 0 aromatic carbocycles. The quantitative estimate of drug-likeness (QED) is 0.929. The Kier molecular flexibility index (Phi) is 3.59. The Balaban J connectivity index is 1.97. The molecule has 0 bridgehead atoms. The zero-order valence-corrected chi connectivity index (χ0v) is 10.8. The zero-order chi connectivity index (χ0) is 10.8. The Labute approximate surface area is 102 Å². The molecule has 0 amide bonds. The Morgan fingerprint density at radius 1 is 1.53 bits per heavy atom. The summed E-state index contributed by atoms with van der Waals surface area (Å²) in [5.74, 6) is 0.417. The van der Waals surface area contributed by atoms with E-state index >= 15 is 0 Å². The van der Waals surface area contributed by atoms with Crippen LogP contribution in [0.25, 0.3) is 0 Å². The monoisotopic (exact) mass is 287 g/mol. The number of halogens is 1. The van der Waals surface area contributed by atoms with Crippen LogP contribution < -0.4 is 5.73 Å². The number of ketones is 1. The summed E-state index contributed by atoms with van der Waals surface area (Å²) in [5, 5.41) is 0. The van der Waals surface area contributed by atoms with Crippen LogP contribution in [0.5, 0.6) is 0 Å². The molecule has 2 N–H and O–H groups in total. The highest BCUT2D eigenvalue weighted by Gasteiger charge is 2.29. The van der Waals surface area contributed by atoms with E-state index in [9.17, 15) is 4.79 Å². The summed E-state index contributed by atoms with van der Waals surface area (Å²) in [6.07, 6.45) is 3.64. The third-order valence-electron chi connectivity index (χ3n) is 2.96. The Morgan fingerprint density at radius 3 is 2.87 bits per heavy atom. The normalized spacial score (nSPS) is 25.7. The largest absolute Gasteiger partial charge is 0.327 e. The van der Waals surface area contributed by atoms with Gasteiger partial charge in [-0.15, -0.1) is 11.3 Å². The van der Waals surface area contributed by atoms with Crippen molar-refractivity contribution in [2.75, 3.05) is 0 Å². The molecule has 82 valence electrons. The fourth-order valence-corrected chi connectivity index (χ4v) is 3.63. The highest BCUT2D eigenvalue weighted by atomic mass is 79.9. The highest BCUT2D eigenvalue weighted by molar-refractivity contribution is 9.11. The molecule has 15 heavy (non-hydrogen) atoms. The number of rotatable bonds is 3. The first-order valence-corrected chi connectivity index (χ1v) is 6.80. The average Bonchev–Trinajstić information content (AvgIpc) is 2.75. The third-order valence-corrected chi connectivity index (χ3v) is 4.58. The van der Waals surface area contributed by atoms with E-state index in [0.717, 1.165) is 27.9 Å². The zero-order valence-electron chi connectivity index (χ0n) is 8.41. The summed E-state index contributed by atoms with van der Waals surface area (Å²) in [6, 6.07) is 4.09. The molecule has 1 aromatic rings.